The van der Waals surface area contributed by atoms with E-state index in [1.807, 2.05) is 6.26 Å². The molecule has 0 fully saturated rings. The lowest BCUT2D eigenvalue weighted by molar-refractivity contribution is -0.117. The molecular formula is C11H14BrClN2OS. The Morgan fingerprint density at radius 1 is 1.65 bits per heavy atom. The minimum Gasteiger partial charge on any atom is -0.324 e. The lowest BCUT2D eigenvalue weighted by Crippen LogP contribution is -2.36. The first-order valence-corrected chi connectivity index (χ1v) is 7.62. The lowest BCUT2D eigenvalue weighted by atomic mass is 10.2. The third-order valence-electron chi connectivity index (χ3n) is 2.18. The molecule has 0 radical (unpaired) electrons. The summed E-state index contributed by atoms with van der Waals surface area (Å²) in [6.07, 6.45) is 2.64. The van der Waals surface area contributed by atoms with E-state index in [4.69, 9.17) is 17.3 Å². The van der Waals surface area contributed by atoms with Crippen molar-refractivity contribution < 1.29 is 4.79 Å². The topological polar surface area (TPSA) is 55.1 Å². The number of amides is 1. The molecule has 1 rings (SSSR count). The molecule has 6 heteroatoms. The second-order valence-corrected chi connectivity index (χ2v) is 5.66. The van der Waals surface area contributed by atoms with Crippen molar-refractivity contribution in [1.29, 1.82) is 0 Å². The van der Waals surface area contributed by atoms with Gasteiger partial charge in [0.15, 0.2) is 0 Å². The minimum absolute atomic E-state index is 0.193. The number of hydrogen-bond acceptors (Lipinski definition) is 3. The largest absolute Gasteiger partial charge is 0.324 e. The monoisotopic (exact) mass is 336 g/mol. The first-order valence-electron chi connectivity index (χ1n) is 5.05. The van der Waals surface area contributed by atoms with Crippen LogP contribution in [0, 0.1) is 0 Å². The van der Waals surface area contributed by atoms with Crippen molar-refractivity contribution >= 4 is 50.9 Å². The van der Waals surface area contributed by atoms with Crippen LogP contribution >= 0.6 is 39.3 Å². The van der Waals surface area contributed by atoms with E-state index in [1.54, 1.807) is 30.0 Å². The van der Waals surface area contributed by atoms with Crippen molar-refractivity contribution in [2.45, 2.75) is 12.5 Å². The zero-order valence-corrected chi connectivity index (χ0v) is 12.5. The second-order valence-electron chi connectivity index (χ2n) is 3.48. The van der Waals surface area contributed by atoms with Gasteiger partial charge in [0.25, 0.3) is 0 Å². The standard InChI is InChI=1S/C11H14BrClN2OS/c1-17-6-5-8(14)11(16)15-9-4-2-3-7(13)10(9)12/h2-4,8H,5-6,14H2,1H3,(H,15,16)/t8-/m1/s1. The molecule has 0 saturated carbocycles. The van der Waals surface area contributed by atoms with Crippen LogP contribution in [0.2, 0.25) is 5.02 Å². The van der Waals surface area contributed by atoms with E-state index in [0.29, 0.717) is 21.6 Å². The molecular weight excluding hydrogens is 324 g/mol. The number of carbonyl (C=O) groups is 1. The molecule has 0 unspecified atom stereocenters. The van der Waals surface area contributed by atoms with Crippen molar-refractivity contribution in [2.75, 3.05) is 17.3 Å². The first-order chi connectivity index (χ1) is 8.06. The molecule has 1 atom stereocenters. The Labute approximate surface area is 119 Å². The van der Waals surface area contributed by atoms with Gasteiger partial charge in [0, 0.05) is 0 Å². The Kier molecular flexibility index (Phi) is 6.33. The molecule has 1 amide bonds. The number of thioether (sulfide) groups is 1. The van der Waals surface area contributed by atoms with Gasteiger partial charge in [-0.05, 0) is 46.5 Å². The number of anilines is 1. The Balaban J connectivity index is 2.64. The Morgan fingerprint density at radius 2 is 2.35 bits per heavy atom. The second kappa shape index (κ2) is 7.26. The first kappa shape index (κ1) is 14.8. The maximum absolute atomic E-state index is 11.8. The Morgan fingerprint density at radius 3 is 3.00 bits per heavy atom. The van der Waals surface area contributed by atoms with Crippen LogP contribution in [-0.2, 0) is 4.79 Å². The van der Waals surface area contributed by atoms with Crippen molar-refractivity contribution in [1.82, 2.24) is 0 Å². The molecule has 1 aromatic carbocycles. The van der Waals surface area contributed by atoms with Crippen LogP contribution < -0.4 is 11.1 Å². The fourth-order valence-electron chi connectivity index (χ4n) is 1.20. The summed E-state index contributed by atoms with van der Waals surface area (Å²) in [6.45, 7) is 0. The molecule has 0 aliphatic rings. The van der Waals surface area contributed by atoms with Crippen LogP contribution in [0.5, 0.6) is 0 Å². The van der Waals surface area contributed by atoms with Crippen LogP contribution in [0.15, 0.2) is 22.7 Å². The van der Waals surface area contributed by atoms with Gasteiger partial charge in [-0.25, -0.2) is 0 Å². The number of carbonyl (C=O) groups excluding carboxylic acids is 1. The van der Waals surface area contributed by atoms with E-state index >= 15 is 0 Å². The van der Waals surface area contributed by atoms with Gasteiger partial charge in [-0.2, -0.15) is 11.8 Å². The summed E-state index contributed by atoms with van der Waals surface area (Å²) >= 11 is 10.9. The SMILES string of the molecule is CSCC[C@@H](N)C(=O)Nc1cccc(Cl)c1Br. The van der Waals surface area contributed by atoms with Gasteiger partial charge in [0.05, 0.1) is 21.2 Å². The average molecular weight is 338 g/mol. The fraction of sp³-hybridized carbons (Fsp3) is 0.364. The van der Waals surface area contributed by atoms with E-state index in [9.17, 15) is 4.79 Å². The third-order valence-corrected chi connectivity index (χ3v) is 4.22. The van der Waals surface area contributed by atoms with Gasteiger partial charge in [-0.1, -0.05) is 17.7 Å². The van der Waals surface area contributed by atoms with Gasteiger partial charge >= 0.3 is 0 Å². The Bertz CT molecular complexity index is 403. The maximum Gasteiger partial charge on any atom is 0.241 e. The summed E-state index contributed by atoms with van der Waals surface area (Å²) < 4.78 is 0.673. The normalized spacial score (nSPS) is 12.2. The van der Waals surface area contributed by atoms with Crippen LogP contribution in [0.25, 0.3) is 0 Å². The molecule has 0 bridgehead atoms. The predicted molar refractivity (Wildman–Crippen MR) is 78.8 cm³/mol. The van der Waals surface area contributed by atoms with E-state index in [0.717, 1.165) is 5.75 Å². The highest BCUT2D eigenvalue weighted by molar-refractivity contribution is 9.10. The lowest BCUT2D eigenvalue weighted by Gasteiger charge is -2.13. The molecule has 3 N–H and O–H groups in total. The van der Waals surface area contributed by atoms with Crippen LogP contribution in [0.1, 0.15) is 6.42 Å². The molecule has 0 saturated heterocycles. The summed E-state index contributed by atoms with van der Waals surface area (Å²) in [7, 11) is 0. The molecule has 0 aliphatic carbocycles. The number of hydrogen-bond donors (Lipinski definition) is 2. The molecule has 0 heterocycles. The van der Waals surface area contributed by atoms with Crippen molar-refractivity contribution in [3.63, 3.8) is 0 Å². The highest BCUT2D eigenvalue weighted by Gasteiger charge is 2.14. The summed E-state index contributed by atoms with van der Waals surface area (Å²) in [5.74, 6) is 0.674. The molecule has 17 heavy (non-hydrogen) atoms. The van der Waals surface area contributed by atoms with E-state index in [2.05, 4.69) is 21.2 Å². The number of nitrogens with two attached hydrogens (primary N) is 1. The fourth-order valence-corrected chi connectivity index (χ4v) is 2.23. The maximum atomic E-state index is 11.8. The van der Waals surface area contributed by atoms with Crippen molar-refractivity contribution in [3.8, 4) is 0 Å². The highest BCUT2D eigenvalue weighted by atomic mass is 79.9. The molecule has 94 valence electrons. The number of benzene rings is 1. The molecule has 0 aromatic heterocycles. The van der Waals surface area contributed by atoms with Crippen molar-refractivity contribution in [2.24, 2.45) is 5.73 Å². The van der Waals surface area contributed by atoms with Gasteiger partial charge in [-0.15, -0.1) is 0 Å². The average Bonchev–Trinajstić information content (AvgIpc) is 2.31. The van der Waals surface area contributed by atoms with Gasteiger partial charge in [0.2, 0.25) is 5.91 Å². The summed E-state index contributed by atoms with van der Waals surface area (Å²) in [5, 5.41) is 3.31. The third kappa shape index (κ3) is 4.50. The molecule has 0 aliphatic heterocycles. The van der Waals surface area contributed by atoms with E-state index in [-0.39, 0.29) is 5.91 Å². The van der Waals surface area contributed by atoms with Gasteiger partial charge < -0.3 is 11.1 Å². The molecule has 1 aromatic rings. The zero-order chi connectivity index (χ0) is 12.8. The smallest absolute Gasteiger partial charge is 0.241 e. The van der Waals surface area contributed by atoms with E-state index in [1.165, 1.54) is 0 Å². The summed E-state index contributed by atoms with van der Waals surface area (Å²) in [4.78, 5) is 11.8. The Hall–Kier alpha value is -0.230. The summed E-state index contributed by atoms with van der Waals surface area (Å²) in [6, 6.07) is 4.80. The van der Waals surface area contributed by atoms with Crippen LogP contribution in [0.3, 0.4) is 0 Å². The highest BCUT2D eigenvalue weighted by Crippen LogP contribution is 2.30. The van der Waals surface area contributed by atoms with Crippen molar-refractivity contribution in [3.05, 3.63) is 27.7 Å². The summed E-state index contributed by atoms with van der Waals surface area (Å²) in [5.41, 5.74) is 6.41. The predicted octanol–water partition coefficient (Wildman–Crippen LogP) is 3.12. The molecule has 0 spiro atoms. The van der Waals surface area contributed by atoms with E-state index < -0.39 is 6.04 Å². The zero-order valence-electron chi connectivity index (χ0n) is 9.37. The van der Waals surface area contributed by atoms with Gasteiger partial charge in [-0.3, -0.25) is 4.79 Å². The quantitative estimate of drug-likeness (QED) is 0.868. The van der Waals surface area contributed by atoms with Gasteiger partial charge in [0.1, 0.15) is 0 Å². The van der Waals surface area contributed by atoms with Crippen LogP contribution in [-0.4, -0.2) is 24.0 Å². The number of rotatable bonds is 5. The molecule has 3 nitrogen and oxygen atoms in total. The minimum atomic E-state index is -0.492. The number of halogens is 2. The number of nitrogens with one attached hydrogen (secondary N) is 1. The van der Waals surface area contributed by atoms with Crippen LogP contribution in [0.4, 0.5) is 5.69 Å².